The predicted octanol–water partition coefficient (Wildman–Crippen LogP) is 2.77. The summed E-state index contributed by atoms with van der Waals surface area (Å²) in [5.74, 6) is 0.892. The summed E-state index contributed by atoms with van der Waals surface area (Å²) >= 11 is 6.20. The van der Waals surface area contributed by atoms with Gasteiger partial charge in [-0.05, 0) is 38.3 Å². The van der Waals surface area contributed by atoms with E-state index in [2.05, 4.69) is 5.32 Å². The minimum atomic E-state index is -0.575. The smallest absolute Gasteiger partial charge is 0.260 e. The Bertz CT molecular complexity index is 475. The van der Waals surface area contributed by atoms with E-state index in [1.54, 1.807) is 19.1 Å². The predicted molar refractivity (Wildman–Crippen MR) is 86.7 cm³/mol. The average Bonchev–Trinajstić information content (AvgIpc) is 2.39. The van der Waals surface area contributed by atoms with Crippen LogP contribution in [0, 0.1) is 5.92 Å². The SMILES string of the molecule is CC(C)CNC(=O)C(C)Oc1cccc(Cl)c1CC(C)N. The molecule has 0 spiro atoms. The molecule has 3 N–H and O–H groups in total. The normalized spacial score (nSPS) is 13.9. The second kappa shape index (κ2) is 8.25. The van der Waals surface area contributed by atoms with Gasteiger partial charge in [-0.1, -0.05) is 31.5 Å². The van der Waals surface area contributed by atoms with E-state index in [0.29, 0.717) is 29.7 Å². The Labute approximate surface area is 132 Å². The van der Waals surface area contributed by atoms with Crippen LogP contribution in [0.3, 0.4) is 0 Å². The Morgan fingerprint density at radius 1 is 1.33 bits per heavy atom. The van der Waals surface area contributed by atoms with Gasteiger partial charge in [-0.3, -0.25) is 4.79 Å². The van der Waals surface area contributed by atoms with Crippen LogP contribution in [0.25, 0.3) is 0 Å². The zero-order chi connectivity index (χ0) is 16.0. The van der Waals surface area contributed by atoms with E-state index in [1.165, 1.54) is 0 Å². The van der Waals surface area contributed by atoms with Crippen molar-refractivity contribution in [2.75, 3.05) is 6.54 Å². The van der Waals surface area contributed by atoms with Crippen LogP contribution in [-0.4, -0.2) is 24.6 Å². The van der Waals surface area contributed by atoms with E-state index in [9.17, 15) is 4.79 Å². The summed E-state index contributed by atoms with van der Waals surface area (Å²) < 4.78 is 5.77. The number of halogens is 1. The van der Waals surface area contributed by atoms with E-state index in [1.807, 2.05) is 26.8 Å². The van der Waals surface area contributed by atoms with Crippen LogP contribution in [0.1, 0.15) is 33.3 Å². The van der Waals surface area contributed by atoms with Crippen LogP contribution < -0.4 is 15.8 Å². The number of hydrogen-bond donors (Lipinski definition) is 2. The molecule has 0 saturated heterocycles. The van der Waals surface area contributed by atoms with Crippen LogP contribution >= 0.6 is 11.6 Å². The Morgan fingerprint density at radius 2 is 2.00 bits per heavy atom. The summed E-state index contributed by atoms with van der Waals surface area (Å²) in [5, 5.41) is 3.47. The molecule has 1 amide bonds. The van der Waals surface area contributed by atoms with Gasteiger partial charge in [0.15, 0.2) is 6.10 Å². The second-order valence-electron chi connectivity index (χ2n) is 5.80. The topological polar surface area (TPSA) is 64.3 Å². The molecular weight excluding hydrogens is 288 g/mol. The summed E-state index contributed by atoms with van der Waals surface area (Å²) in [6.45, 7) is 8.36. The van der Waals surface area contributed by atoms with Gasteiger partial charge in [-0.15, -0.1) is 0 Å². The van der Waals surface area contributed by atoms with Gasteiger partial charge in [-0.2, -0.15) is 0 Å². The highest BCUT2D eigenvalue weighted by Gasteiger charge is 2.18. The minimum absolute atomic E-state index is 0.0303. The molecule has 0 bridgehead atoms. The molecule has 1 aromatic carbocycles. The van der Waals surface area contributed by atoms with E-state index in [0.717, 1.165) is 5.56 Å². The molecule has 0 heterocycles. The zero-order valence-corrected chi connectivity index (χ0v) is 13.9. The number of carbonyl (C=O) groups is 1. The fourth-order valence-corrected chi connectivity index (χ4v) is 2.10. The van der Waals surface area contributed by atoms with Gasteiger partial charge < -0.3 is 15.8 Å². The van der Waals surface area contributed by atoms with E-state index >= 15 is 0 Å². The van der Waals surface area contributed by atoms with Crippen molar-refractivity contribution in [2.24, 2.45) is 11.7 Å². The molecule has 5 heteroatoms. The number of ether oxygens (including phenoxy) is 1. The van der Waals surface area contributed by atoms with Crippen molar-refractivity contribution in [2.45, 2.75) is 46.3 Å². The highest BCUT2D eigenvalue weighted by molar-refractivity contribution is 6.31. The maximum atomic E-state index is 12.0. The van der Waals surface area contributed by atoms with E-state index < -0.39 is 6.10 Å². The molecule has 1 rings (SSSR count). The van der Waals surface area contributed by atoms with Gasteiger partial charge in [0, 0.05) is 23.2 Å². The van der Waals surface area contributed by atoms with Crippen molar-refractivity contribution in [3.05, 3.63) is 28.8 Å². The van der Waals surface area contributed by atoms with Crippen molar-refractivity contribution < 1.29 is 9.53 Å². The average molecular weight is 313 g/mol. The molecule has 0 radical (unpaired) electrons. The minimum Gasteiger partial charge on any atom is -0.481 e. The summed E-state index contributed by atoms with van der Waals surface area (Å²) in [6, 6.07) is 5.39. The number of nitrogens with one attached hydrogen (secondary N) is 1. The first kappa shape index (κ1) is 17.8. The van der Waals surface area contributed by atoms with Crippen molar-refractivity contribution in [3.8, 4) is 5.75 Å². The zero-order valence-electron chi connectivity index (χ0n) is 13.2. The Morgan fingerprint density at radius 3 is 2.57 bits per heavy atom. The standard InChI is InChI=1S/C16H25ClN2O2/c1-10(2)9-19-16(20)12(4)21-15-7-5-6-14(17)13(15)8-11(3)18/h5-7,10-12H,8-9,18H2,1-4H3,(H,19,20). The van der Waals surface area contributed by atoms with Gasteiger partial charge >= 0.3 is 0 Å². The molecule has 0 saturated carbocycles. The van der Waals surface area contributed by atoms with Crippen molar-refractivity contribution in [1.29, 1.82) is 0 Å². The molecule has 118 valence electrons. The Hall–Kier alpha value is -1.26. The monoisotopic (exact) mass is 312 g/mol. The number of amides is 1. The van der Waals surface area contributed by atoms with Gasteiger partial charge in [0.05, 0.1) is 0 Å². The number of nitrogens with two attached hydrogens (primary N) is 1. The lowest BCUT2D eigenvalue weighted by Crippen LogP contribution is -2.38. The van der Waals surface area contributed by atoms with Crippen LogP contribution in [0.4, 0.5) is 0 Å². The molecule has 0 aliphatic carbocycles. The Balaban J connectivity index is 2.77. The largest absolute Gasteiger partial charge is 0.481 e. The van der Waals surface area contributed by atoms with Gasteiger partial charge in [0.1, 0.15) is 5.75 Å². The number of hydrogen-bond acceptors (Lipinski definition) is 3. The molecule has 2 atom stereocenters. The number of carbonyl (C=O) groups excluding carboxylic acids is 1. The van der Waals surface area contributed by atoms with Crippen LogP contribution in [0.15, 0.2) is 18.2 Å². The van der Waals surface area contributed by atoms with Gasteiger partial charge in [0.25, 0.3) is 5.91 Å². The third kappa shape index (κ3) is 5.94. The van der Waals surface area contributed by atoms with E-state index in [-0.39, 0.29) is 11.9 Å². The Kier molecular flexibility index (Phi) is 6.99. The first-order valence-electron chi connectivity index (χ1n) is 7.28. The lowest BCUT2D eigenvalue weighted by molar-refractivity contribution is -0.127. The quantitative estimate of drug-likeness (QED) is 0.813. The number of rotatable bonds is 7. The second-order valence-corrected chi connectivity index (χ2v) is 6.20. The molecule has 0 aromatic heterocycles. The number of benzene rings is 1. The maximum absolute atomic E-state index is 12.0. The molecule has 0 aliphatic rings. The summed E-state index contributed by atoms with van der Waals surface area (Å²) in [5.41, 5.74) is 6.69. The first-order chi connectivity index (χ1) is 9.81. The van der Waals surface area contributed by atoms with E-state index in [4.69, 9.17) is 22.1 Å². The molecule has 0 fully saturated rings. The third-order valence-electron chi connectivity index (χ3n) is 2.96. The van der Waals surface area contributed by atoms with Gasteiger partial charge in [-0.25, -0.2) is 0 Å². The van der Waals surface area contributed by atoms with Crippen molar-refractivity contribution in [3.63, 3.8) is 0 Å². The maximum Gasteiger partial charge on any atom is 0.260 e. The summed E-state index contributed by atoms with van der Waals surface area (Å²) in [6.07, 6.45) is 0.0315. The molecule has 1 aromatic rings. The molecular formula is C16H25ClN2O2. The van der Waals surface area contributed by atoms with Crippen molar-refractivity contribution in [1.82, 2.24) is 5.32 Å². The summed E-state index contributed by atoms with van der Waals surface area (Å²) in [4.78, 5) is 12.0. The molecule has 4 nitrogen and oxygen atoms in total. The fourth-order valence-electron chi connectivity index (χ4n) is 1.86. The third-order valence-corrected chi connectivity index (χ3v) is 3.31. The first-order valence-corrected chi connectivity index (χ1v) is 7.66. The van der Waals surface area contributed by atoms with Gasteiger partial charge in [0.2, 0.25) is 0 Å². The van der Waals surface area contributed by atoms with Crippen LogP contribution in [-0.2, 0) is 11.2 Å². The fraction of sp³-hybridized carbons (Fsp3) is 0.562. The lowest BCUT2D eigenvalue weighted by atomic mass is 10.1. The molecule has 21 heavy (non-hydrogen) atoms. The van der Waals surface area contributed by atoms with Crippen LogP contribution in [0.2, 0.25) is 5.02 Å². The molecule has 0 aliphatic heterocycles. The highest BCUT2D eigenvalue weighted by Crippen LogP contribution is 2.28. The molecule has 2 unspecified atom stereocenters. The lowest BCUT2D eigenvalue weighted by Gasteiger charge is -2.19. The summed E-state index contributed by atoms with van der Waals surface area (Å²) in [7, 11) is 0. The highest BCUT2D eigenvalue weighted by atomic mass is 35.5. The van der Waals surface area contributed by atoms with Crippen molar-refractivity contribution >= 4 is 17.5 Å². The van der Waals surface area contributed by atoms with Crippen LogP contribution in [0.5, 0.6) is 5.75 Å².